The lowest BCUT2D eigenvalue weighted by molar-refractivity contribution is -0.122. The average molecular weight is 245 g/mol. The van der Waals surface area contributed by atoms with E-state index >= 15 is 0 Å². The van der Waals surface area contributed by atoms with Crippen LogP contribution < -0.4 is 10.6 Å². The SMILES string of the molecule is C#CCNC(=O)C(C)NCc1ncccc1CC. The van der Waals surface area contributed by atoms with E-state index in [1.165, 1.54) is 5.56 Å². The lowest BCUT2D eigenvalue weighted by Crippen LogP contribution is -2.42. The Labute approximate surface area is 108 Å². The summed E-state index contributed by atoms with van der Waals surface area (Å²) in [4.78, 5) is 15.9. The van der Waals surface area contributed by atoms with Crippen molar-refractivity contribution in [3.63, 3.8) is 0 Å². The van der Waals surface area contributed by atoms with Crippen LogP contribution in [0.25, 0.3) is 0 Å². The van der Waals surface area contributed by atoms with Crippen molar-refractivity contribution in [2.24, 2.45) is 0 Å². The molecule has 1 unspecified atom stereocenters. The molecular formula is C14H19N3O. The summed E-state index contributed by atoms with van der Waals surface area (Å²) in [6.07, 6.45) is 7.78. The standard InChI is InChI=1S/C14H19N3O/c1-4-8-16-14(18)11(3)17-10-13-12(5-2)7-6-9-15-13/h1,6-7,9,11,17H,5,8,10H2,2-3H3,(H,16,18). The number of aryl methyl sites for hydroxylation is 1. The van der Waals surface area contributed by atoms with Gasteiger partial charge in [0.15, 0.2) is 0 Å². The van der Waals surface area contributed by atoms with Crippen molar-refractivity contribution in [3.05, 3.63) is 29.6 Å². The summed E-state index contributed by atoms with van der Waals surface area (Å²) in [5.74, 6) is 2.28. The number of hydrogen-bond donors (Lipinski definition) is 2. The smallest absolute Gasteiger partial charge is 0.237 e. The Morgan fingerprint density at radius 3 is 3.06 bits per heavy atom. The van der Waals surface area contributed by atoms with Crippen LogP contribution in [-0.4, -0.2) is 23.5 Å². The van der Waals surface area contributed by atoms with Crippen LogP contribution in [0.15, 0.2) is 18.3 Å². The number of hydrogen-bond acceptors (Lipinski definition) is 3. The lowest BCUT2D eigenvalue weighted by atomic mass is 10.1. The van der Waals surface area contributed by atoms with Gasteiger partial charge in [0, 0.05) is 12.7 Å². The Bertz CT molecular complexity index is 437. The summed E-state index contributed by atoms with van der Waals surface area (Å²) in [7, 11) is 0. The zero-order valence-corrected chi connectivity index (χ0v) is 10.9. The van der Waals surface area contributed by atoms with Gasteiger partial charge in [-0.2, -0.15) is 0 Å². The molecule has 1 heterocycles. The normalized spacial score (nSPS) is 11.6. The van der Waals surface area contributed by atoms with Crippen molar-refractivity contribution in [3.8, 4) is 12.3 Å². The highest BCUT2D eigenvalue weighted by Gasteiger charge is 2.11. The number of aromatic nitrogens is 1. The van der Waals surface area contributed by atoms with Crippen LogP contribution in [0.4, 0.5) is 0 Å². The highest BCUT2D eigenvalue weighted by Crippen LogP contribution is 2.05. The minimum atomic E-state index is -0.287. The van der Waals surface area contributed by atoms with E-state index in [1.807, 2.05) is 12.1 Å². The molecule has 0 aliphatic heterocycles. The van der Waals surface area contributed by atoms with Gasteiger partial charge in [0.25, 0.3) is 0 Å². The highest BCUT2D eigenvalue weighted by atomic mass is 16.2. The highest BCUT2D eigenvalue weighted by molar-refractivity contribution is 5.81. The van der Waals surface area contributed by atoms with E-state index in [2.05, 4.69) is 28.5 Å². The molecule has 2 N–H and O–H groups in total. The Balaban J connectivity index is 2.49. The molecule has 1 rings (SSSR count). The molecule has 0 radical (unpaired) electrons. The average Bonchev–Trinajstić information content (AvgIpc) is 2.42. The molecule has 0 bridgehead atoms. The molecule has 0 aromatic carbocycles. The molecule has 96 valence electrons. The van der Waals surface area contributed by atoms with Gasteiger partial charge >= 0.3 is 0 Å². The number of pyridine rings is 1. The van der Waals surface area contributed by atoms with Crippen LogP contribution in [0.1, 0.15) is 25.1 Å². The number of terminal acetylenes is 1. The number of carbonyl (C=O) groups is 1. The summed E-state index contributed by atoms with van der Waals surface area (Å²) >= 11 is 0. The molecule has 18 heavy (non-hydrogen) atoms. The molecule has 1 aromatic heterocycles. The van der Waals surface area contributed by atoms with Gasteiger partial charge in [-0.25, -0.2) is 0 Å². The van der Waals surface area contributed by atoms with E-state index in [1.54, 1.807) is 13.1 Å². The molecule has 0 fully saturated rings. The van der Waals surface area contributed by atoms with Crippen molar-refractivity contribution in [2.75, 3.05) is 6.54 Å². The predicted octanol–water partition coefficient (Wildman–Crippen LogP) is 0.871. The number of nitrogens with zero attached hydrogens (tertiary/aromatic N) is 1. The maximum Gasteiger partial charge on any atom is 0.237 e. The first kappa shape index (κ1) is 14.2. The zero-order valence-electron chi connectivity index (χ0n) is 10.9. The molecule has 4 nitrogen and oxygen atoms in total. The molecular weight excluding hydrogens is 226 g/mol. The van der Waals surface area contributed by atoms with Gasteiger partial charge in [0.05, 0.1) is 18.3 Å². The molecule has 1 aromatic rings. The van der Waals surface area contributed by atoms with Crippen molar-refractivity contribution >= 4 is 5.91 Å². The first-order valence-electron chi connectivity index (χ1n) is 6.06. The van der Waals surface area contributed by atoms with Gasteiger partial charge in [0.2, 0.25) is 5.91 Å². The van der Waals surface area contributed by atoms with Gasteiger partial charge in [-0.3, -0.25) is 9.78 Å². The van der Waals surface area contributed by atoms with E-state index in [0.717, 1.165) is 12.1 Å². The van der Waals surface area contributed by atoms with Crippen molar-refractivity contribution in [1.82, 2.24) is 15.6 Å². The fourth-order valence-electron chi connectivity index (χ4n) is 1.59. The summed E-state index contributed by atoms with van der Waals surface area (Å²) in [5.41, 5.74) is 2.18. The maximum atomic E-state index is 11.6. The minimum absolute atomic E-state index is 0.0954. The Hall–Kier alpha value is -1.86. The van der Waals surface area contributed by atoms with Crippen LogP contribution in [0.5, 0.6) is 0 Å². The minimum Gasteiger partial charge on any atom is -0.344 e. The quantitative estimate of drug-likeness (QED) is 0.731. The van der Waals surface area contributed by atoms with Gasteiger partial charge in [-0.1, -0.05) is 18.9 Å². The number of rotatable bonds is 6. The Kier molecular flexibility index (Phi) is 5.89. The van der Waals surface area contributed by atoms with Crippen molar-refractivity contribution < 1.29 is 4.79 Å². The molecule has 0 saturated carbocycles. The third kappa shape index (κ3) is 4.19. The van der Waals surface area contributed by atoms with Crippen LogP contribution in [0, 0.1) is 12.3 Å². The fourth-order valence-corrected chi connectivity index (χ4v) is 1.59. The van der Waals surface area contributed by atoms with E-state index in [4.69, 9.17) is 6.42 Å². The van der Waals surface area contributed by atoms with Gasteiger partial charge in [0.1, 0.15) is 0 Å². The third-order valence-corrected chi connectivity index (χ3v) is 2.70. The largest absolute Gasteiger partial charge is 0.344 e. The van der Waals surface area contributed by atoms with E-state index in [0.29, 0.717) is 6.54 Å². The van der Waals surface area contributed by atoms with Crippen LogP contribution in [0.2, 0.25) is 0 Å². The molecule has 4 heteroatoms. The monoisotopic (exact) mass is 245 g/mol. The molecule has 1 amide bonds. The van der Waals surface area contributed by atoms with Gasteiger partial charge < -0.3 is 10.6 Å². The van der Waals surface area contributed by atoms with E-state index < -0.39 is 0 Å². The lowest BCUT2D eigenvalue weighted by Gasteiger charge is -2.14. The number of nitrogens with one attached hydrogen (secondary N) is 2. The maximum absolute atomic E-state index is 11.6. The van der Waals surface area contributed by atoms with Gasteiger partial charge in [-0.15, -0.1) is 6.42 Å². The van der Waals surface area contributed by atoms with Crippen molar-refractivity contribution in [2.45, 2.75) is 32.9 Å². The first-order chi connectivity index (χ1) is 8.69. The summed E-state index contributed by atoms with van der Waals surface area (Å²) in [6, 6.07) is 3.68. The summed E-state index contributed by atoms with van der Waals surface area (Å²) < 4.78 is 0. The molecule has 1 atom stereocenters. The Morgan fingerprint density at radius 2 is 2.39 bits per heavy atom. The topological polar surface area (TPSA) is 54.0 Å². The number of amides is 1. The van der Waals surface area contributed by atoms with E-state index in [-0.39, 0.29) is 18.5 Å². The van der Waals surface area contributed by atoms with Gasteiger partial charge in [-0.05, 0) is 25.0 Å². The van der Waals surface area contributed by atoms with Crippen LogP contribution >= 0.6 is 0 Å². The number of carbonyl (C=O) groups excluding carboxylic acids is 1. The fraction of sp³-hybridized carbons (Fsp3) is 0.429. The van der Waals surface area contributed by atoms with Crippen LogP contribution in [0.3, 0.4) is 0 Å². The molecule has 0 aliphatic rings. The second kappa shape index (κ2) is 7.46. The zero-order chi connectivity index (χ0) is 13.4. The van der Waals surface area contributed by atoms with Crippen LogP contribution in [-0.2, 0) is 17.8 Å². The molecule has 0 saturated heterocycles. The first-order valence-corrected chi connectivity index (χ1v) is 6.06. The van der Waals surface area contributed by atoms with E-state index in [9.17, 15) is 4.79 Å². The third-order valence-electron chi connectivity index (χ3n) is 2.70. The second-order valence-corrected chi connectivity index (χ2v) is 3.99. The molecule has 0 spiro atoms. The Morgan fingerprint density at radius 1 is 1.61 bits per heavy atom. The molecule has 0 aliphatic carbocycles. The second-order valence-electron chi connectivity index (χ2n) is 3.99. The predicted molar refractivity (Wildman–Crippen MR) is 71.8 cm³/mol. The van der Waals surface area contributed by atoms with Crippen molar-refractivity contribution in [1.29, 1.82) is 0 Å². The summed E-state index contributed by atoms with van der Waals surface area (Å²) in [6.45, 7) is 4.73. The summed E-state index contributed by atoms with van der Waals surface area (Å²) in [5, 5.41) is 5.78.